The summed E-state index contributed by atoms with van der Waals surface area (Å²) in [6.45, 7) is 7.43. The zero-order chi connectivity index (χ0) is 14.2. The predicted molar refractivity (Wildman–Crippen MR) is 81.2 cm³/mol. The Labute approximate surface area is 121 Å². The van der Waals surface area contributed by atoms with Crippen molar-refractivity contribution in [2.45, 2.75) is 25.9 Å². The summed E-state index contributed by atoms with van der Waals surface area (Å²) in [7, 11) is 0. The summed E-state index contributed by atoms with van der Waals surface area (Å²) in [5.41, 5.74) is 6.80. The van der Waals surface area contributed by atoms with Crippen LogP contribution in [0.25, 0.3) is 0 Å². The lowest BCUT2D eigenvalue weighted by Gasteiger charge is -2.32. The molecule has 0 bridgehead atoms. The highest BCUT2D eigenvalue weighted by Crippen LogP contribution is 2.13. The van der Waals surface area contributed by atoms with Crippen molar-refractivity contribution in [3.05, 3.63) is 29.8 Å². The zero-order valence-electron chi connectivity index (χ0n) is 12.4. The van der Waals surface area contributed by atoms with Crippen LogP contribution >= 0.6 is 0 Å². The quantitative estimate of drug-likeness (QED) is 0.824. The van der Waals surface area contributed by atoms with Gasteiger partial charge in [-0.25, -0.2) is 0 Å². The Morgan fingerprint density at radius 3 is 2.85 bits per heavy atom. The van der Waals surface area contributed by atoms with Gasteiger partial charge in [0.05, 0.1) is 12.7 Å². The van der Waals surface area contributed by atoms with Crippen molar-refractivity contribution in [1.29, 1.82) is 0 Å². The van der Waals surface area contributed by atoms with Crippen LogP contribution in [-0.4, -0.2) is 50.4 Å². The van der Waals surface area contributed by atoms with Crippen molar-refractivity contribution in [2.75, 3.05) is 39.4 Å². The van der Waals surface area contributed by atoms with Crippen molar-refractivity contribution in [3.8, 4) is 5.75 Å². The third-order valence-corrected chi connectivity index (χ3v) is 3.71. The molecule has 112 valence electrons. The third kappa shape index (κ3) is 4.78. The van der Waals surface area contributed by atoms with Crippen molar-refractivity contribution in [2.24, 2.45) is 5.73 Å². The lowest BCUT2D eigenvalue weighted by molar-refractivity contribution is -0.0324. The van der Waals surface area contributed by atoms with Crippen molar-refractivity contribution in [1.82, 2.24) is 4.90 Å². The Morgan fingerprint density at radius 1 is 1.35 bits per heavy atom. The number of benzene rings is 1. The molecule has 1 saturated heterocycles. The fourth-order valence-electron chi connectivity index (χ4n) is 2.44. The first-order valence-electron chi connectivity index (χ1n) is 7.57. The highest BCUT2D eigenvalue weighted by molar-refractivity contribution is 5.27. The molecule has 1 unspecified atom stereocenters. The molecule has 0 spiro atoms. The molecule has 1 heterocycles. The molecule has 1 fully saturated rings. The van der Waals surface area contributed by atoms with Crippen molar-refractivity contribution in [3.63, 3.8) is 0 Å². The van der Waals surface area contributed by atoms with E-state index in [2.05, 4.69) is 24.0 Å². The fourth-order valence-corrected chi connectivity index (χ4v) is 2.44. The number of rotatable bonds is 7. The molecule has 1 aliphatic heterocycles. The lowest BCUT2D eigenvalue weighted by atomic mass is 10.1. The van der Waals surface area contributed by atoms with Gasteiger partial charge in [0.25, 0.3) is 0 Å². The Hall–Kier alpha value is -1.10. The second-order valence-corrected chi connectivity index (χ2v) is 5.23. The van der Waals surface area contributed by atoms with Crippen LogP contribution < -0.4 is 10.5 Å². The summed E-state index contributed by atoms with van der Waals surface area (Å²) in [4.78, 5) is 2.42. The molecular formula is C16H26N2O2. The summed E-state index contributed by atoms with van der Waals surface area (Å²) in [5.74, 6) is 0.936. The van der Waals surface area contributed by atoms with Crippen LogP contribution in [0.5, 0.6) is 5.75 Å². The Morgan fingerprint density at radius 2 is 2.15 bits per heavy atom. The van der Waals surface area contributed by atoms with E-state index in [0.29, 0.717) is 12.6 Å². The van der Waals surface area contributed by atoms with E-state index >= 15 is 0 Å². The smallest absolute Gasteiger partial charge is 0.119 e. The molecule has 1 aliphatic rings. The van der Waals surface area contributed by atoms with Crippen LogP contribution in [0.3, 0.4) is 0 Å². The van der Waals surface area contributed by atoms with E-state index in [-0.39, 0.29) is 0 Å². The van der Waals surface area contributed by atoms with Gasteiger partial charge in [-0.3, -0.25) is 4.90 Å². The monoisotopic (exact) mass is 278 g/mol. The van der Waals surface area contributed by atoms with E-state index in [4.69, 9.17) is 15.2 Å². The van der Waals surface area contributed by atoms with E-state index in [1.807, 2.05) is 12.1 Å². The molecule has 1 atom stereocenters. The van der Waals surface area contributed by atoms with Crippen LogP contribution in [0, 0.1) is 0 Å². The minimum Gasteiger partial charge on any atom is -0.492 e. The highest BCUT2D eigenvalue weighted by Gasteiger charge is 2.18. The van der Waals surface area contributed by atoms with Gasteiger partial charge in [0.1, 0.15) is 12.4 Å². The van der Waals surface area contributed by atoms with Crippen LogP contribution in [0.15, 0.2) is 24.3 Å². The van der Waals surface area contributed by atoms with Crippen LogP contribution in [0.2, 0.25) is 0 Å². The van der Waals surface area contributed by atoms with Crippen LogP contribution in [0.1, 0.15) is 18.9 Å². The summed E-state index contributed by atoms with van der Waals surface area (Å²) in [6, 6.07) is 8.23. The van der Waals surface area contributed by atoms with Gasteiger partial charge in [-0.15, -0.1) is 0 Å². The zero-order valence-corrected chi connectivity index (χ0v) is 12.4. The maximum Gasteiger partial charge on any atom is 0.119 e. The number of nitrogens with two attached hydrogens (primary N) is 1. The first-order chi connectivity index (χ1) is 9.81. The summed E-state index contributed by atoms with van der Waals surface area (Å²) in [6.07, 6.45) is 2.39. The average molecular weight is 278 g/mol. The second-order valence-electron chi connectivity index (χ2n) is 5.23. The number of morpholine rings is 1. The van der Waals surface area contributed by atoms with Gasteiger partial charge in [-0.2, -0.15) is 0 Å². The summed E-state index contributed by atoms with van der Waals surface area (Å²) in [5, 5.41) is 0. The molecule has 2 N–H and O–H groups in total. The second kappa shape index (κ2) is 8.25. The van der Waals surface area contributed by atoms with Crippen LogP contribution in [-0.2, 0) is 11.2 Å². The fraction of sp³-hybridized carbons (Fsp3) is 0.625. The molecule has 2 rings (SSSR count). The summed E-state index contributed by atoms with van der Waals surface area (Å²) < 4.78 is 11.5. The van der Waals surface area contributed by atoms with Gasteiger partial charge in [0, 0.05) is 19.6 Å². The summed E-state index contributed by atoms with van der Waals surface area (Å²) >= 11 is 0. The third-order valence-electron chi connectivity index (χ3n) is 3.71. The maximum absolute atomic E-state index is 5.80. The molecule has 1 aromatic carbocycles. The van der Waals surface area contributed by atoms with Crippen LogP contribution in [0.4, 0.5) is 0 Å². The van der Waals surface area contributed by atoms with Gasteiger partial charge < -0.3 is 15.2 Å². The van der Waals surface area contributed by atoms with E-state index in [1.165, 1.54) is 5.56 Å². The molecule has 20 heavy (non-hydrogen) atoms. The molecular weight excluding hydrogens is 252 g/mol. The average Bonchev–Trinajstić information content (AvgIpc) is 2.50. The van der Waals surface area contributed by atoms with Gasteiger partial charge in [0.2, 0.25) is 0 Å². The van der Waals surface area contributed by atoms with E-state index in [1.54, 1.807) is 0 Å². The molecule has 0 aromatic heterocycles. The first kappa shape index (κ1) is 15.3. The lowest BCUT2D eigenvalue weighted by Crippen LogP contribution is -2.43. The Balaban J connectivity index is 1.69. The molecule has 0 aliphatic carbocycles. The Bertz CT molecular complexity index is 381. The van der Waals surface area contributed by atoms with Gasteiger partial charge in [-0.05, 0) is 37.1 Å². The van der Waals surface area contributed by atoms with Crippen molar-refractivity contribution >= 4 is 0 Å². The molecule has 0 amide bonds. The number of nitrogens with zero attached hydrogens (tertiary/aromatic N) is 1. The number of hydrogen-bond acceptors (Lipinski definition) is 4. The molecule has 1 aromatic rings. The Kier molecular flexibility index (Phi) is 6.30. The normalized spacial score (nSPS) is 20.0. The topological polar surface area (TPSA) is 47.7 Å². The number of hydrogen-bond donors (Lipinski definition) is 1. The molecule has 0 saturated carbocycles. The van der Waals surface area contributed by atoms with Crippen molar-refractivity contribution < 1.29 is 9.47 Å². The first-order valence-corrected chi connectivity index (χ1v) is 7.57. The van der Waals surface area contributed by atoms with E-state index in [0.717, 1.165) is 51.4 Å². The minimum absolute atomic E-state index is 0.388. The van der Waals surface area contributed by atoms with E-state index in [9.17, 15) is 0 Å². The molecule has 0 radical (unpaired) electrons. The predicted octanol–water partition coefficient (Wildman–Crippen LogP) is 1.68. The minimum atomic E-state index is 0.388. The SMILES string of the molecule is CCC1CN(CCOc2ccc(CCN)cc2)CCO1. The highest BCUT2D eigenvalue weighted by atomic mass is 16.5. The molecule has 4 nitrogen and oxygen atoms in total. The van der Waals surface area contributed by atoms with Gasteiger partial charge in [-0.1, -0.05) is 19.1 Å². The largest absolute Gasteiger partial charge is 0.492 e. The molecule has 4 heteroatoms. The van der Waals surface area contributed by atoms with Gasteiger partial charge in [0.15, 0.2) is 0 Å². The van der Waals surface area contributed by atoms with E-state index < -0.39 is 0 Å². The van der Waals surface area contributed by atoms with Gasteiger partial charge >= 0.3 is 0 Å². The standard InChI is InChI=1S/C16H26N2O2/c1-2-15-13-18(9-11-19-15)10-12-20-16-5-3-14(4-6-16)7-8-17/h3-6,15H,2,7-13,17H2,1H3. The maximum atomic E-state index is 5.80. The number of ether oxygens (including phenoxy) is 2.